The van der Waals surface area contributed by atoms with Crippen molar-refractivity contribution < 1.29 is 14.7 Å². The third-order valence-corrected chi connectivity index (χ3v) is 4.88. The number of carbonyl (C=O) groups excluding carboxylic acids is 1. The Morgan fingerprint density at radius 2 is 2.19 bits per heavy atom. The number of carboxylic acid groups (broad SMARTS) is 1. The van der Waals surface area contributed by atoms with Gasteiger partial charge in [-0.25, -0.2) is 9.78 Å². The largest absolute Gasteiger partial charge is 0.476 e. The zero-order valence-corrected chi connectivity index (χ0v) is 13.4. The lowest BCUT2D eigenvalue weighted by Gasteiger charge is -2.00. The van der Waals surface area contributed by atoms with Crippen LogP contribution in [-0.4, -0.2) is 22.0 Å². The first-order chi connectivity index (χ1) is 10.0. The minimum atomic E-state index is -1.05. The third kappa shape index (κ3) is 3.89. The summed E-state index contributed by atoms with van der Waals surface area (Å²) in [5.41, 5.74) is 1.23. The van der Waals surface area contributed by atoms with Gasteiger partial charge in [-0.3, -0.25) is 4.79 Å². The highest BCUT2D eigenvalue weighted by Crippen LogP contribution is 2.23. The van der Waals surface area contributed by atoms with Gasteiger partial charge < -0.3 is 10.4 Å². The minimum Gasteiger partial charge on any atom is -0.476 e. The van der Waals surface area contributed by atoms with Gasteiger partial charge in [0.15, 0.2) is 5.69 Å². The van der Waals surface area contributed by atoms with Crippen LogP contribution in [0.1, 0.15) is 49.0 Å². The fourth-order valence-corrected chi connectivity index (χ4v) is 3.58. The average molecular weight is 324 g/mol. The van der Waals surface area contributed by atoms with Crippen molar-refractivity contribution >= 4 is 34.6 Å². The second kappa shape index (κ2) is 6.82. The van der Waals surface area contributed by atoms with Gasteiger partial charge in [0.05, 0.1) is 11.4 Å². The maximum absolute atomic E-state index is 12.1. The van der Waals surface area contributed by atoms with Crippen LogP contribution in [0.3, 0.4) is 0 Å². The van der Waals surface area contributed by atoms with E-state index in [1.54, 1.807) is 0 Å². The molecule has 2 heterocycles. The predicted molar refractivity (Wildman–Crippen MR) is 83.3 cm³/mol. The molecule has 1 amide bonds. The van der Waals surface area contributed by atoms with Gasteiger partial charge in [0.25, 0.3) is 5.91 Å². The maximum Gasteiger partial charge on any atom is 0.355 e. The Hall–Kier alpha value is -1.73. The monoisotopic (exact) mass is 324 g/mol. The summed E-state index contributed by atoms with van der Waals surface area (Å²) < 4.78 is 0. The van der Waals surface area contributed by atoms with Crippen molar-refractivity contribution in [3.8, 4) is 0 Å². The Labute approximate surface area is 130 Å². The number of rotatable bonds is 6. The molecule has 0 spiro atoms. The van der Waals surface area contributed by atoms with Gasteiger partial charge in [-0.1, -0.05) is 13.3 Å². The van der Waals surface area contributed by atoms with E-state index in [-0.39, 0.29) is 18.1 Å². The van der Waals surface area contributed by atoms with Gasteiger partial charge >= 0.3 is 5.97 Å². The molecule has 0 aliphatic rings. The summed E-state index contributed by atoms with van der Waals surface area (Å²) in [7, 11) is 0. The Morgan fingerprint density at radius 1 is 1.43 bits per heavy atom. The molecule has 21 heavy (non-hydrogen) atoms. The van der Waals surface area contributed by atoms with E-state index in [0.29, 0.717) is 9.88 Å². The molecule has 7 heteroatoms. The normalized spacial score (nSPS) is 10.6. The molecule has 0 saturated heterocycles. The van der Waals surface area contributed by atoms with Crippen LogP contribution in [-0.2, 0) is 13.0 Å². The number of nitrogens with zero attached hydrogens (tertiary/aromatic N) is 1. The van der Waals surface area contributed by atoms with Gasteiger partial charge in [0.2, 0.25) is 0 Å². The van der Waals surface area contributed by atoms with Crippen LogP contribution in [0, 0.1) is 6.92 Å². The molecule has 0 radical (unpaired) electrons. The SMILES string of the molecule is CCCc1cc(C(=O)NCc2nc(C(=O)O)cs2)sc1C. The quantitative estimate of drug-likeness (QED) is 0.856. The number of hydrogen-bond donors (Lipinski definition) is 2. The summed E-state index contributed by atoms with van der Waals surface area (Å²) in [6.07, 6.45) is 2.03. The number of hydrogen-bond acceptors (Lipinski definition) is 5. The molecular weight excluding hydrogens is 308 g/mol. The van der Waals surface area contributed by atoms with E-state index < -0.39 is 5.97 Å². The average Bonchev–Trinajstić information content (AvgIpc) is 3.04. The molecule has 2 aromatic rings. The molecule has 112 valence electrons. The number of aromatic nitrogens is 1. The molecule has 0 fully saturated rings. The fraction of sp³-hybridized carbons (Fsp3) is 0.357. The number of thiophene rings is 1. The lowest BCUT2D eigenvalue weighted by Crippen LogP contribution is -2.21. The van der Waals surface area contributed by atoms with E-state index in [1.165, 1.54) is 38.5 Å². The summed E-state index contributed by atoms with van der Waals surface area (Å²) in [6.45, 7) is 4.38. The zero-order valence-electron chi connectivity index (χ0n) is 11.8. The third-order valence-electron chi connectivity index (χ3n) is 2.93. The van der Waals surface area contributed by atoms with E-state index in [9.17, 15) is 9.59 Å². The lowest BCUT2D eigenvalue weighted by molar-refractivity contribution is 0.0691. The van der Waals surface area contributed by atoms with Crippen molar-refractivity contribution in [1.29, 1.82) is 0 Å². The fourth-order valence-electron chi connectivity index (χ4n) is 1.88. The minimum absolute atomic E-state index is 0.0152. The van der Waals surface area contributed by atoms with Crippen molar-refractivity contribution in [2.75, 3.05) is 0 Å². The topological polar surface area (TPSA) is 79.3 Å². The highest BCUT2D eigenvalue weighted by molar-refractivity contribution is 7.14. The van der Waals surface area contributed by atoms with Crippen LogP contribution in [0.15, 0.2) is 11.4 Å². The first-order valence-corrected chi connectivity index (χ1v) is 8.26. The molecule has 0 unspecified atom stereocenters. The van der Waals surface area contributed by atoms with E-state index >= 15 is 0 Å². The van der Waals surface area contributed by atoms with Crippen LogP contribution >= 0.6 is 22.7 Å². The molecule has 5 nitrogen and oxygen atoms in total. The number of aryl methyl sites for hydroxylation is 2. The molecule has 0 aliphatic heterocycles. The highest BCUT2D eigenvalue weighted by Gasteiger charge is 2.13. The Bertz CT molecular complexity index is 661. The van der Waals surface area contributed by atoms with Crippen LogP contribution in [0.4, 0.5) is 0 Å². The number of amides is 1. The second-order valence-electron chi connectivity index (χ2n) is 4.56. The first-order valence-electron chi connectivity index (χ1n) is 6.56. The van der Waals surface area contributed by atoms with Crippen LogP contribution < -0.4 is 5.32 Å². The summed E-state index contributed by atoms with van der Waals surface area (Å²) in [5.74, 6) is -1.19. The van der Waals surface area contributed by atoms with Crippen molar-refractivity contribution in [2.45, 2.75) is 33.2 Å². The van der Waals surface area contributed by atoms with Crippen LogP contribution in [0.2, 0.25) is 0 Å². The molecule has 0 aliphatic carbocycles. The van der Waals surface area contributed by atoms with E-state index in [1.807, 2.05) is 13.0 Å². The molecular formula is C14H16N2O3S2. The molecule has 0 atom stereocenters. The first kappa shape index (κ1) is 15.7. The van der Waals surface area contributed by atoms with E-state index in [0.717, 1.165) is 12.8 Å². The van der Waals surface area contributed by atoms with E-state index in [4.69, 9.17) is 5.11 Å². The summed E-state index contributed by atoms with van der Waals surface area (Å²) in [6, 6.07) is 1.93. The Morgan fingerprint density at radius 3 is 2.81 bits per heavy atom. The summed E-state index contributed by atoms with van der Waals surface area (Å²) >= 11 is 2.71. The predicted octanol–water partition coefficient (Wildman–Crippen LogP) is 3.09. The number of carbonyl (C=O) groups is 2. The highest BCUT2D eigenvalue weighted by atomic mass is 32.1. The van der Waals surface area contributed by atoms with E-state index in [2.05, 4.69) is 17.2 Å². The van der Waals surface area contributed by atoms with Gasteiger partial charge in [0.1, 0.15) is 5.01 Å². The molecule has 0 saturated carbocycles. The van der Waals surface area contributed by atoms with Gasteiger partial charge in [0, 0.05) is 10.3 Å². The standard InChI is InChI=1S/C14H16N2O3S2/c1-3-4-9-5-11(21-8(9)2)13(17)15-6-12-16-10(7-20-12)14(18)19/h5,7H,3-4,6H2,1-2H3,(H,15,17)(H,18,19). The molecule has 0 bridgehead atoms. The Kier molecular flexibility index (Phi) is 5.08. The van der Waals surface area contributed by atoms with Crippen LogP contribution in [0.5, 0.6) is 0 Å². The number of aromatic carboxylic acids is 1. The van der Waals surface area contributed by atoms with Crippen molar-refractivity contribution in [3.63, 3.8) is 0 Å². The summed E-state index contributed by atoms with van der Waals surface area (Å²) in [5, 5.41) is 13.6. The molecule has 2 N–H and O–H groups in total. The van der Waals surface area contributed by atoms with Gasteiger partial charge in [-0.2, -0.15) is 0 Å². The Balaban J connectivity index is 1.97. The van der Waals surface area contributed by atoms with Crippen LogP contribution in [0.25, 0.3) is 0 Å². The van der Waals surface area contributed by atoms with Gasteiger partial charge in [-0.15, -0.1) is 22.7 Å². The molecule has 0 aromatic carbocycles. The number of carboxylic acids is 1. The lowest BCUT2D eigenvalue weighted by atomic mass is 10.1. The van der Waals surface area contributed by atoms with Gasteiger partial charge in [-0.05, 0) is 25.0 Å². The molecule has 2 rings (SSSR count). The second-order valence-corrected chi connectivity index (χ2v) is 6.76. The van der Waals surface area contributed by atoms with Crippen molar-refractivity contribution in [1.82, 2.24) is 10.3 Å². The maximum atomic E-state index is 12.1. The summed E-state index contributed by atoms with van der Waals surface area (Å²) in [4.78, 5) is 28.6. The van der Waals surface area contributed by atoms with Crippen molar-refractivity contribution in [3.05, 3.63) is 37.5 Å². The number of nitrogens with one attached hydrogen (secondary N) is 1. The smallest absolute Gasteiger partial charge is 0.355 e. The number of thiazole rings is 1. The molecule has 2 aromatic heterocycles. The van der Waals surface area contributed by atoms with Crippen molar-refractivity contribution in [2.24, 2.45) is 0 Å². The zero-order chi connectivity index (χ0) is 15.4.